The largest absolute Gasteiger partial charge is 0.185 e. The van der Waals surface area contributed by atoms with E-state index < -0.39 is 0 Å². The van der Waals surface area contributed by atoms with Gasteiger partial charge in [0.2, 0.25) is 0 Å². The van der Waals surface area contributed by atoms with E-state index in [1.54, 1.807) is 0 Å². The van der Waals surface area contributed by atoms with E-state index in [9.17, 15) is 0 Å². The Kier molecular flexibility index (Phi) is 21.5. The van der Waals surface area contributed by atoms with Crippen molar-refractivity contribution in [3.05, 3.63) is 0 Å². The summed E-state index contributed by atoms with van der Waals surface area (Å²) >= 11 is 3.09. The molecule has 0 aromatic heterocycles. The van der Waals surface area contributed by atoms with Crippen molar-refractivity contribution >= 4 is 21.9 Å². The van der Waals surface area contributed by atoms with Crippen LogP contribution in [0.3, 0.4) is 0 Å². The van der Waals surface area contributed by atoms with Crippen molar-refractivity contribution < 1.29 is 0 Å². The van der Waals surface area contributed by atoms with Gasteiger partial charge in [-0.05, 0) is 18.5 Å². The van der Waals surface area contributed by atoms with Gasteiger partial charge in [-0.3, -0.25) is 0 Å². The summed E-state index contributed by atoms with van der Waals surface area (Å²) in [6.07, 6.45) is 14.2. The van der Waals surface area contributed by atoms with Gasteiger partial charge in [-0.25, -0.2) is 0 Å². The van der Waals surface area contributed by atoms with Crippen LogP contribution >= 0.6 is 21.9 Å². The van der Waals surface area contributed by atoms with Crippen LogP contribution in [0.25, 0.3) is 0 Å². The van der Waals surface area contributed by atoms with E-state index in [1.165, 1.54) is 69.4 Å². The SMILES string of the molecule is CCCCCCCCCC(C)CCP.N#CS. The molecule has 0 radical (unpaired) electrons. The molecule has 1 nitrogen and oxygen atoms in total. The highest BCUT2D eigenvalue weighted by atomic mass is 32.1. The molecule has 0 bridgehead atoms. The number of nitrogens with zero attached hydrogens (tertiary/aromatic N) is 1. The maximum Gasteiger partial charge on any atom is 0.130 e. The molecular formula is C14H30NPS. The van der Waals surface area contributed by atoms with E-state index in [2.05, 4.69) is 35.7 Å². The third-order valence-electron chi connectivity index (χ3n) is 2.96. The fourth-order valence-electron chi connectivity index (χ4n) is 1.88. The molecule has 17 heavy (non-hydrogen) atoms. The van der Waals surface area contributed by atoms with E-state index in [1.807, 2.05) is 0 Å². The second kappa shape index (κ2) is 18.6. The molecule has 0 spiro atoms. The Morgan fingerprint density at radius 2 is 1.53 bits per heavy atom. The number of nitriles is 1. The van der Waals surface area contributed by atoms with Gasteiger partial charge in [0, 0.05) is 0 Å². The van der Waals surface area contributed by atoms with E-state index in [-0.39, 0.29) is 0 Å². The molecule has 2 unspecified atom stereocenters. The van der Waals surface area contributed by atoms with Gasteiger partial charge in [-0.1, -0.05) is 77.8 Å². The van der Waals surface area contributed by atoms with Crippen molar-refractivity contribution in [1.29, 1.82) is 5.26 Å². The highest BCUT2D eigenvalue weighted by Gasteiger charge is 1.99. The first-order chi connectivity index (χ1) is 8.22. The monoisotopic (exact) mass is 275 g/mol. The molecule has 0 N–H and O–H groups in total. The Balaban J connectivity index is 0. The van der Waals surface area contributed by atoms with Crippen molar-refractivity contribution in [3.8, 4) is 5.40 Å². The molecule has 3 heteroatoms. The van der Waals surface area contributed by atoms with Gasteiger partial charge < -0.3 is 0 Å². The Bertz CT molecular complexity index is 168. The molecule has 0 rings (SSSR count). The van der Waals surface area contributed by atoms with Gasteiger partial charge in [-0.2, -0.15) is 5.26 Å². The summed E-state index contributed by atoms with van der Waals surface area (Å²) < 4.78 is 0. The highest BCUT2D eigenvalue weighted by Crippen LogP contribution is 2.15. The number of thiocyanates is 1. The Labute approximate surface area is 116 Å². The normalized spacial score (nSPS) is 11.2. The molecule has 0 aromatic rings. The van der Waals surface area contributed by atoms with Gasteiger partial charge >= 0.3 is 0 Å². The van der Waals surface area contributed by atoms with Crippen LogP contribution in [0.15, 0.2) is 0 Å². The van der Waals surface area contributed by atoms with Gasteiger partial charge in [0.15, 0.2) is 0 Å². The molecule has 0 aliphatic heterocycles. The van der Waals surface area contributed by atoms with Crippen molar-refractivity contribution in [2.75, 3.05) is 6.16 Å². The lowest BCUT2D eigenvalue weighted by atomic mass is 10.00. The van der Waals surface area contributed by atoms with Crippen LogP contribution in [-0.2, 0) is 0 Å². The van der Waals surface area contributed by atoms with E-state index in [0.29, 0.717) is 0 Å². The molecule has 102 valence electrons. The minimum atomic E-state index is 0.947. The molecule has 0 saturated heterocycles. The minimum Gasteiger partial charge on any atom is -0.185 e. The van der Waals surface area contributed by atoms with Crippen LogP contribution in [-0.4, -0.2) is 6.16 Å². The predicted octanol–water partition coefficient (Wildman–Crippen LogP) is 5.43. The summed E-state index contributed by atoms with van der Waals surface area (Å²) in [6, 6.07) is 0. The highest BCUT2D eigenvalue weighted by molar-refractivity contribution is 7.85. The first-order valence-corrected chi connectivity index (χ1v) is 8.22. The molecule has 0 aromatic carbocycles. The predicted molar refractivity (Wildman–Crippen MR) is 85.6 cm³/mol. The molecule has 0 saturated carbocycles. The zero-order chi connectivity index (χ0) is 13.4. The van der Waals surface area contributed by atoms with Crippen molar-refractivity contribution in [1.82, 2.24) is 0 Å². The number of rotatable bonds is 10. The standard InChI is InChI=1S/C13H29P.CHNS/c1-3-4-5-6-7-8-9-10-13(2)11-12-14;2-1-3/h13H,3-12,14H2,1-2H3;3H. The first-order valence-electron chi connectivity index (χ1n) is 6.96. The Hall–Kier alpha value is 0.270. The van der Waals surface area contributed by atoms with E-state index >= 15 is 0 Å². The molecule has 2 atom stereocenters. The fraction of sp³-hybridized carbons (Fsp3) is 0.929. The number of hydrogen-bond acceptors (Lipinski definition) is 2. The topological polar surface area (TPSA) is 23.8 Å². The van der Waals surface area contributed by atoms with Crippen LogP contribution < -0.4 is 0 Å². The zero-order valence-corrected chi connectivity index (χ0v) is 13.7. The number of hydrogen-bond donors (Lipinski definition) is 1. The molecule has 0 amide bonds. The van der Waals surface area contributed by atoms with Crippen LogP contribution in [0, 0.1) is 16.6 Å². The second-order valence-corrected chi connectivity index (χ2v) is 5.47. The van der Waals surface area contributed by atoms with Crippen molar-refractivity contribution in [2.45, 2.75) is 71.6 Å². The third kappa shape index (κ3) is 22.0. The first kappa shape index (κ1) is 19.6. The maximum absolute atomic E-state index is 7.18. The molecular weight excluding hydrogens is 245 g/mol. The average molecular weight is 275 g/mol. The fourth-order valence-corrected chi connectivity index (χ4v) is 2.45. The molecule has 0 aliphatic rings. The molecule has 0 aliphatic carbocycles. The summed E-state index contributed by atoms with van der Waals surface area (Å²) in [7, 11) is 2.83. The number of thiol groups is 1. The third-order valence-corrected chi connectivity index (χ3v) is 3.29. The van der Waals surface area contributed by atoms with Gasteiger partial charge in [0.05, 0.1) is 0 Å². The lowest BCUT2D eigenvalue weighted by Crippen LogP contribution is -1.95. The smallest absolute Gasteiger partial charge is 0.130 e. The lowest BCUT2D eigenvalue weighted by Gasteiger charge is -2.08. The summed E-state index contributed by atoms with van der Waals surface area (Å²) in [6.45, 7) is 4.67. The quantitative estimate of drug-likeness (QED) is 0.244. The Morgan fingerprint density at radius 1 is 1.06 bits per heavy atom. The van der Waals surface area contributed by atoms with E-state index in [0.717, 1.165) is 5.92 Å². The van der Waals surface area contributed by atoms with E-state index in [4.69, 9.17) is 5.26 Å². The molecule has 0 fully saturated rings. The van der Waals surface area contributed by atoms with Crippen LogP contribution in [0.5, 0.6) is 0 Å². The summed E-state index contributed by atoms with van der Waals surface area (Å²) in [5, 5.41) is 8.63. The maximum atomic E-state index is 7.18. The summed E-state index contributed by atoms with van der Waals surface area (Å²) in [5.74, 6) is 0.947. The average Bonchev–Trinajstić information content (AvgIpc) is 2.29. The second-order valence-electron chi connectivity index (χ2n) is 4.69. The Morgan fingerprint density at radius 3 is 2.00 bits per heavy atom. The summed E-state index contributed by atoms with van der Waals surface area (Å²) in [4.78, 5) is 0. The van der Waals surface area contributed by atoms with Gasteiger partial charge in [-0.15, -0.1) is 9.24 Å². The molecule has 0 heterocycles. The number of unbranched alkanes of at least 4 members (excludes halogenated alkanes) is 6. The minimum absolute atomic E-state index is 0.947. The van der Waals surface area contributed by atoms with Crippen LogP contribution in [0.2, 0.25) is 0 Å². The zero-order valence-electron chi connectivity index (χ0n) is 11.6. The van der Waals surface area contributed by atoms with Crippen molar-refractivity contribution in [2.24, 2.45) is 5.92 Å². The lowest BCUT2D eigenvalue weighted by molar-refractivity contribution is 0.473. The van der Waals surface area contributed by atoms with Gasteiger partial charge in [0.25, 0.3) is 0 Å². The summed E-state index contributed by atoms with van der Waals surface area (Å²) in [5.41, 5.74) is 0. The van der Waals surface area contributed by atoms with Crippen LogP contribution in [0.4, 0.5) is 0 Å². The van der Waals surface area contributed by atoms with Crippen molar-refractivity contribution in [3.63, 3.8) is 0 Å². The van der Waals surface area contributed by atoms with Crippen LogP contribution in [0.1, 0.15) is 71.6 Å². The van der Waals surface area contributed by atoms with Gasteiger partial charge in [0.1, 0.15) is 5.40 Å².